The van der Waals surface area contributed by atoms with E-state index in [1.165, 1.54) is 25.0 Å². The fraction of sp³-hybridized carbons (Fsp3) is 0.368. The number of nitrogens with zero attached hydrogens (tertiary/aromatic N) is 2. The van der Waals surface area contributed by atoms with Gasteiger partial charge in [0.2, 0.25) is 0 Å². The van der Waals surface area contributed by atoms with Gasteiger partial charge in [-0.15, -0.1) is 11.8 Å². The van der Waals surface area contributed by atoms with E-state index in [0.29, 0.717) is 5.69 Å². The highest BCUT2D eigenvalue weighted by atomic mass is 32.2. The summed E-state index contributed by atoms with van der Waals surface area (Å²) in [4.78, 5) is 20.2. The fourth-order valence-corrected chi connectivity index (χ4v) is 4.57. The number of anilines is 1. The summed E-state index contributed by atoms with van der Waals surface area (Å²) < 4.78 is 13.6. The number of pyridine rings is 1. The largest absolute Gasteiger partial charge is 0.371 e. The van der Waals surface area contributed by atoms with Crippen molar-refractivity contribution in [3.63, 3.8) is 0 Å². The third-order valence-electron chi connectivity index (χ3n) is 4.76. The van der Waals surface area contributed by atoms with Crippen molar-refractivity contribution in [1.82, 2.24) is 10.3 Å². The maximum Gasteiger partial charge on any atom is 0.270 e. The van der Waals surface area contributed by atoms with Crippen LogP contribution in [0.2, 0.25) is 0 Å². The van der Waals surface area contributed by atoms with Crippen LogP contribution < -0.4 is 10.2 Å². The van der Waals surface area contributed by atoms with Gasteiger partial charge in [0.15, 0.2) is 0 Å². The Morgan fingerprint density at radius 1 is 1.24 bits per heavy atom. The molecule has 25 heavy (non-hydrogen) atoms. The van der Waals surface area contributed by atoms with Gasteiger partial charge in [-0.1, -0.05) is 0 Å². The molecule has 2 aliphatic heterocycles. The molecule has 1 N–H and O–H groups in total. The monoisotopic (exact) mass is 357 g/mol. The second kappa shape index (κ2) is 7.04. The van der Waals surface area contributed by atoms with Crippen molar-refractivity contribution < 1.29 is 9.18 Å². The predicted molar refractivity (Wildman–Crippen MR) is 97.6 cm³/mol. The second-order valence-electron chi connectivity index (χ2n) is 6.44. The van der Waals surface area contributed by atoms with Crippen LogP contribution in [0.3, 0.4) is 0 Å². The van der Waals surface area contributed by atoms with Crippen molar-refractivity contribution in [3.8, 4) is 0 Å². The lowest BCUT2D eigenvalue weighted by molar-refractivity contribution is 0.0930. The summed E-state index contributed by atoms with van der Waals surface area (Å²) in [7, 11) is 0. The van der Waals surface area contributed by atoms with Crippen LogP contribution >= 0.6 is 11.8 Å². The molecular weight excluding hydrogens is 337 g/mol. The van der Waals surface area contributed by atoms with Crippen molar-refractivity contribution in [2.75, 3.05) is 23.7 Å². The fourth-order valence-electron chi connectivity index (χ4n) is 3.46. The van der Waals surface area contributed by atoms with Gasteiger partial charge >= 0.3 is 0 Å². The summed E-state index contributed by atoms with van der Waals surface area (Å²) >= 11 is 1.70. The number of fused-ring (bicyclic) bond motifs is 1. The van der Waals surface area contributed by atoms with Crippen LogP contribution in [0.25, 0.3) is 0 Å². The van der Waals surface area contributed by atoms with E-state index >= 15 is 0 Å². The number of thioether (sulfide) groups is 1. The number of rotatable bonds is 3. The van der Waals surface area contributed by atoms with Gasteiger partial charge in [0.25, 0.3) is 5.91 Å². The van der Waals surface area contributed by atoms with Crippen LogP contribution in [0.5, 0.6) is 0 Å². The van der Waals surface area contributed by atoms with E-state index in [2.05, 4.69) is 15.2 Å². The van der Waals surface area contributed by atoms with Crippen molar-refractivity contribution in [2.24, 2.45) is 0 Å². The van der Waals surface area contributed by atoms with Gasteiger partial charge in [-0.2, -0.15) is 0 Å². The minimum Gasteiger partial charge on any atom is -0.371 e. The Morgan fingerprint density at radius 2 is 2.08 bits per heavy atom. The molecule has 0 radical (unpaired) electrons. The lowest BCUT2D eigenvalue weighted by Crippen LogP contribution is -2.31. The molecule has 6 heteroatoms. The van der Waals surface area contributed by atoms with Gasteiger partial charge in [-0.05, 0) is 55.2 Å². The van der Waals surface area contributed by atoms with E-state index in [-0.39, 0.29) is 17.8 Å². The standard InChI is InChI=1S/C19H20FN3OS/c20-13-3-4-18-15(11-13)16(6-10-25-18)22-19(24)17-12-14(5-7-21-17)23-8-1-2-9-23/h3-5,7,11-12,16H,1-2,6,8-10H2,(H,22,24). The molecule has 0 bridgehead atoms. The van der Waals surface area contributed by atoms with E-state index in [9.17, 15) is 9.18 Å². The van der Waals surface area contributed by atoms with Gasteiger partial charge in [-0.25, -0.2) is 4.39 Å². The predicted octanol–water partition coefficient (Wildman–Crippen LogP) is 3.79. The van der Waals surface area contributed by atoms with Crippen molar-refractivity contribution in [2.45, 2.75) is 30.2 Å². The summed E-state index contributed by atoms with van der Waals surface area (Å²) in [5, 5.41) is 3.04. The Hall–Kier alpha value is -2.08. The van der Waals surface area contributed by atoms with E-state index in [1.54, 1.807) is 24.0 Å². The lowest BCUT2D eigenvalue weighted by atomic mass is 10.0. The van der Waals surface area contributed by atoms with Gasteiger partial charge < -0.3 is 10.2 Å². The number of halogens is 1. The molecule has 4 nitrogen and oxygen atoms in total. The van der Waals surface area contributed by atoms with E-state index in [0.717, 1.165) is 41.4 Å². The number of hydrogen-bond donors (Lipinski definition) is 1. The zero-order valence-corrected chi connectivity index (χ0v) is 14.7. The highest BCUT2D eigenvalue weighted by Crippen LogP contribution is 2.36. The summed E-state index contributed by atoms with van der Waals surface area (Å²) in [5.74, 6) is 0.438. The molecule has 3 heterocycles. The number of nitrogens with one attached hydrogen (secondary N) is 1. The molecule has 1 aromatic carbocycles. The molecule has 1 fully saturated rings. The number of amides is 1. The molecule has 1 unspecified atom stereocenters. The average molecular weight is 357 g/mol. The minimum absolute atomic E-state index is 0.170. The number of aromatic nitrogens is 1. The molecule has 1 atom stereocenters. The van der Waals surface area contributed by atoms with Crippen LogP contribution in [0.15, 0.2) is 41.4 Å². The van der Waals surface area contributed by atoms with E-state index < -0.39 is 0 Å². The van der Waals surface area contributed by atoms with E-state index in [1.807, 2.05) is 12.1 Å². The van der Waals surface area contributed by atoms with Gasteiger partial charge in [0.05, 0.1) is 6.04 Å². The normalized spacial score (nSPS) is 19.6. The first-order chi connectivity index (χ1) is 12.2. The molecule has 2 aromatic rings. The molecular formula is C19H20FN3OS. The van der Waals surface area contributed by atoms with Gasteiger partial charge in [0.1, 0.15) is 11.5 Å². The Morgan fingerprint density at radius 3 is 2.92 bits per heavy atom. The molecule has 4 rings (SSSR count). The molecule has 130 valence electrons. The third kappa shape index (κ3) is 3.49. The zero-order chi connectivity index (χ0) is 17.2. The highest BCUT2D eigenvalue weighted by Gasteiger charge is 2.24. The van der Waals surface area contributed by atoms with Crippen molar-refractivity contribution in [3.05, 3.63) is 53.6 Å². The summed E-state index contributed by atoms with van der Waals surface area (Å²) in [6.07, 6.45) is 4.85. The Kier molecular flexibility index (Phi) is 4.61. The van der Waals surface area contributed by atoms with Gasteiger partial charge in [-0.3, -0.25) is 9.78 Å². The SMILES string of the molecule is O=C(NC1CCSc2ccc(F)cc21)c1cc(N2CCCC2)ccn1. The summed E-state index contributed by atoms with van der Waals surface area (Å²) in [6, 6.07) is 8.42. The quantitative estimate of drug-likeness (QED) is 0.908. The molecule has 1 amide bonds. The first kappa shape index (κ1) is 16.4. The number of hydrogen-bond acceptors (Lipinski definition) is 4. The van der Waals surface area contributed by atoms with Crippen LogP contribution in [0.1, 0.15) is 41.4 Å². The molecule has 0 aliphatic carbocycles. The van der Waals surface area contributed by atoms with Crippen LogP contribution in [-0.2, 0) is 0 Å². The van der Waals surface area contributed by atoms with Crippen molar-refractivity contribution >= 4 is 23.4 Å². The average Bonchev–Trinajstić information content (AvgIpc) is 3.17. The van der Waals surface area contributed by atoms with Crippen LogP contribution in [-0.4, -0.2) is 29.7 Å². The number of carbonyl (C=O) groups excluding carboxylic acids is 1. The lowest BCUT2D eigenvalue weighted by Gasteiger charge is -2.26. The van der Waals surface area contributed by atoms with E-state index in [4.69, 9.17) is 0 Å². The topological polar surface area (TPSA) is 45.2 Å². The first-order valence-corrected chi connectivity index (χ1v) is 9.63. The number of benzene rings is 1. The van der Waals surface area contributed by atoms with Crippen LogP contribution in [0.4, 0.5) is 10.1 Å². The first-order valence-electron chi connectivity index (χ1n) is 8.65. The van der Waals surface area contributed by atoms with Crippen LogP contribution in [0, 0.1) is 5.82 Å². The van der Waals surface area contributed by atoms with Crippen molar-refractivity contribution in [1.29, 1.82) is 0 Å². The highest BCUT2D eigenvalue weighted by molar-refractivity contribution is 7.99. The maximum absolute atomic E-state index is 13.6. The number of carbonyl (C=O) groups is 1. The second-order valence-corrected chi connectivity index (χ2v) is 7.58. The third-order valence-corrected chi connectivity index (χ3v) is 5.89. The smallest absolute Gasteiger partial charge is 0.270 e. The van der Waals surface area contributed by atoms with Gasteiger partial charge in [0, 0.05) is 35.6 Å². The summed E-state index contributed by atoms with van der Waals surface area (Å²) in [5.41, 5.74) is 2.32. The maximum atomic E-state index is 13.6. The molecule has 0 saturated carbocycles. The Labute approximate surface area is 150 Å². The zero-order valence-electron chi connectivity index (χ0n) is 13.9. The summed E-state index contributed by atoms with van der Waals surface area (Å²) in [6.45, 7) is 2.05. The molecule has 2 aliphatic rings. The Balaban J connectivity index is 1.53. The minimum atomic E-state index is -0.269. The Bertz CT molecular complexity index is 792. The molecule has 0 spiro atoms. The molecule has 1 aromatic heterocycles. The molecule has 1 saturated heterocycles.